The van der Waals surface area contributed by atoms with E-state index in [4.69, 9.17) is 0 Å². The lowest BCUT2D eigenvalue weighted by molar-refractivity contribution is -0.133. The van der Waals surface area contributed by atoms with Gasteiger partial charge in [-0.3, -0.25) is 4.79 Å². The Labute approximate surface area is 106 Å². The number of hydrogen-bond donors (Lipinski definition) is 1. The van der Waals surface area contributed by atoms with Crippen LogP contribution in [0.5, 0.6) is 0 Å². The summed E-state index contributed by atoms with van der Waals surface area (Å²) in [5.74, 6) is 1.07. The molecule has 1 aromatic carbocycles. The number of thioether (sulfide) groups is 1. The Bertz CT molecular complexity index is 382. The highest BCUT2D eigenvalue weighted by Gasteiger charge is 2.31. The van der Waals surface area contributed by atoms with Gasteiger partial charge in [0.15, 0.2) is 0 Å². The van der Waals surface area contributed by atoms with E-state index in [9.17, 15) is 9.90 Å². The van der Waals surface area contributed by atoms with Gasteiger partial charge in [-0.05, 0) is 12.5 Å². The molecule has 1 aliphatic rings. The van der Waals surface area contributed by atoms with Crippen LogP contribution in [0.2, 0.25) is 0 Å². The number of amides is 1. The van der Waals surface area contributed by atoms with Gasteiger partial charge in [0.2, 0.25) is 5.91 Å². The number of aliphatic hydroxyl groups is 1. The van der Waals surface area contributed by atoms with Crippen molar-refractivity contribution in [2.45, 2.75) is 18.2 Å². The summed E-state index contributed by atoms with van der Waals surface area (Å²) in [6.45, 7) is 2.62. The number of carbonyl (C=O) groups excluding carboxylic acids is 1. The van der Waals surface area contributed by atoms with Crippen molar-refractivity contribution in [2.24, 2.45) is 0 Å². The maximum atomic E-state index is 12.1. The zero-order valence-corrected chi connectivity index (χ0v) is 10.7. The fraction of sp³-hybridized carbons (Fsp3) is 0.462. The van der Waals surface area contributed by atoms with Gasteiger partial charge in [0, 0.05) is 12.3 Å². The molecule has 1 aliphatic heterocycles. The second-order valence-electron chi connectivity index (χ2n) is 4.15. The average molecular weight is 251 g/mol. The molecule has 0 aromatic heterocycles. The smallest absolute Gasteiger partial charge is 0.236 e. The Morgan fingerprint density at radius 3 is 2.82 bits per heavy atom. The molecule has 17 heavy (non-hydrogen) atoms. The molecule has 1 aromatic rings. The van der Waals surface area contributed by atoms with E-state index >= 15 is 0 Å². The monoisotopic (exact) mass is 251 g/mol. The van der Waals surface area contributed by atoms with Crippen molar-refractivity contribution in [2.75, 3.05) is 18.9 Å². The first-order valence-electron chi connectivity index (χ1n) is 5.82. The lowest BCUT2D eigenvalue weighted by Crippen LogP contribution is -2.45. The Kier molecular flexibility index (Phi) is 4.07. The predicted octanol–water partition coefficient (Wildman–Crippen LogP) is 1.68. The molecular formula is C13H17NO2S. The second kappa shape index (κ2) is 5.56. The summed E-state index contributed by atoms with van der Waals surface area (Å²) in [6.07, 6.45) is 0. The van der Waals surface area contributed by atoms with E-state index in [1.807, 2.05) is 37.3 Å². The molecule has 2 rings (SSSR count). The van der Waals surface area contributed by atoms with Crippen molar-refractivity contribution < 1.29 is 9.90 Å². The fourth-order valence-corrected chi connectivity index (χ4v) is 3.04. The van der Waals surface area contributed by atoms with Crippen LogP contribution < -0.4 is 0 Å². The standard InChI is InChI=1S/C13H17NO2S/c1-10-13(16)14(7-8-17-10)12(9-15)11-5-3-2-4-6-11/h2-6,10,12,15H,7-9H2,1H3/t10-,12+/m1/s1. The lowest BCUT2D eigenvalue weighted by atomic mass is 10.1. The third-order valence-corrected chi connectivity index (χ3v) is 4.18. The van der Waals surface area contributed by atoms with Crippen LogP contribution in [-0.4, -0.2) is 40.1 Å². The molecular weight excluding hydrogens is 234 g/mol. The van der Waals surface area contributed by atoms with Crippen LogP contribution in [0.4, 0.5) is 0 Å². The molecule has 0 unspecified atom stereocenters. The Balaban J connectivity index is 2.21. The number of carbonyl (C=O) groups is 1. The molecule has 0 bridgehead atoms. The molecule has 2 atom stereocenters. The van der Waals surface area contributed by atoms with Gasteiger partial charge >= 0.3 is 0 Å². The first-order chi connectivity index (χ1) is 8.24. The summed E-state index contributed by atoms with van der Waals surface area (Å²) < 4.78 is 0. The molecule has 4 heteroatoms. The van der Waals surface area contributed by atoms with Crippen molar-refractivity contribution in [1.29, 1.82) is 0 Å². The van der Waals surface area contributed by atoms with Gasteiger partial charge in [-0.15, -0.1) is 11.8 Å². The van der Waals surface area contributed by atoms with Crippen LogP contribution in [-0.2, 0) is 4.79 Å². The summed E-state index contributed by atoms with van der Waals surface area (Å²) in [6, 6.07) is 9.53. The minimum absolute atomic E-state index is 0.00140. The van der Waals surface area contributed by atoms with Crippen LogP contribution >= 0.6 is 11.8 Å². The zero-order chi connectivity index (χ0) is 12.3. The predicted molar refractivity (Wildman–Crippen MR) is 69.9 cm³/mol. The molecule has 0 spiro atoms. The molecule has 92 valence electrons. The fourth-order valence-electron chi connectivity index (χ4n) is 2.11. The molecule has 1 N–H and O–H groups in total. The van der Waals surface area contributed by atoms with Crippen molar-refractivity contribution in [3.05, 3.63) is 35.9 Å². The Morgan fingerprint density at radius 2 is 2.18 bits per heavy atom. The van der Waals surface area contributed by atoms with E-state index in [-0.39, 0.29) is 23.8 Å². The highest BCUT2D eigenvalue weighted by molar-refractivity contribution is 8.00. The van der Waals surface area contributed by atoms with Crippen LogP contribution in [0.3, 0.4) is 0 Å². The number of nitrogens with zero attached hydrogens (tertiary/aromatic N) is 1. The van der Waals surface area contributed by atoms with Gasteiger partial charge in [0.25, 0.3) is 0 Å². The average Bonchev–Trinajstić information content (AvgIpc) is 2.37. The van der Waals surface area contributed by atoms with E-state index in [2.05, 4.69) is 0 Å². The van der Waals surface area contributed by atoms with Gasteiger partial charge in [-0.25, -0.2) is 0 Å². The van der Waals surface area contributed by atoms with E-state index in [0.29, 0.717) is 6.54 Å². The molecule has 0 aliphatic carbocycles. The molecule has 1 heterocycles. The van der Waals surface area contributed by atoms with E-state index < -0.39 is 0 Å². The first kappa shape index (κ1) is 12.5. The van der Waals surface area contributed by atoms with E-state index in [1.165, 1.54) is 0 Å². The maximum absolute atomic E-state index is 12.1. The van der Waals surface area contributed by atoms with Crippen molar-refractivity contribution in [1.82, 2.24) is 4.90 Å². The third-order valence-electron chi connectivity index (χ3n) is 3.06. The summed E-state index contributed by atoms with van der Waals surface area (Å²) in [7, 11) is 0. The summed E-state index contributed by atoms with van der Waals surface area (Å²) in [5.41, 5.74) is 1.00. The zero-order valence-electron chi connectivity index (χ0n) is 9.87. The van der Waals surface area contributed by atoms with E-state index in [0.717, 1.165) is 11.3 Å². The second-order valence-corrected chi connectivity index (χ2v) is 5.60. The summed E-state index contributed by atoms with van der Waals surface area (Å²) in [5, 5.41) is 9.54. The summed E-state index contributed by atoms with van der Waals surface area (Å²) >= 11 is 1.68. The van der Waals surface area contributed by atoms with Crippen molar-refractivity contribution in [3.8, 4) is 0 Å². The van der Waals surface area contributed by atoms with Crippen LogP contribution in [0.1, 0.15) is 18.5 Å². The molecule has 1 saturated heterocycles. The SMILES string of the molecule is C[C@H]1SCCN([C@@H](CO)c2ccccc2)C1=O. The van der Waals surface area contributed by atoms with E-state index in [1.54, 1.807) is 16.7 Å². The van der Waals surface area contributed by atoms with Gasteiger partial charge in [-0.2, -0.15) is 0 Å². The van der Waals surface area contributed by atoms with Crippen molar-refractivity contribution in [3.63, 3.8) is 0 Å². The van der Waals surface area contributed by atoms with Gasteiger partial charge < -0.3 is 10.0 Å². The highest BCUT2D eigenvalue weighted by Crippen LogP contribution is 2.27. The number of aliphatic hydroxyl groups excluding tert-OH is 1. The highest BCUT2D eigenvalue weighted by atomic mass is 32.2. The Hall–Kier alpha value is -1.00. The van der Waals surface area contributed by atoms with Crippen molar-refractivity contribution >= 4 is 17.7 Å². The van der Waals surface area contributed by atoms with Gasteiger partial charge in [0.1, 0.15) is 0 Å². The number of rotatable bonds is 3. The van der Waals surface area contributed by atoms with Crippen LogP contribution in [0, 0.1) is 0 Å². The Morgan fingerprint density at radius 1 is 1.47 bits per heavy atom. The first-order valence-corrected chi connectivity index (χ1v) is 6.87. The largest absolute Gasteiger partial charge is 0.394 e. The number of benzene rings is 1. The third kappa shape index (κ3) is 2.64. The quantitative estimate of drug-likeness (QED) is 0.888. The van der Waals surface area contributed by atoms with Crippen LogP contribution in [0.15, 0.2) is 30.3 Å². The van der Waals surface area contributed by atoms with Gasteiger partial charge in [-0.1, -0.05) is 30.3 Å². The van der Waals surface area contributed by atoms with Crippen LogP contribution in [0.25, 0.3) is 0 Å². The molecule has 0 saturated carbocycles. The van der Waals surface area contributed by atoms with Gasteiger partial charge in [0.05, 0.1) is 17.9 Å². The molecule has 0 radical (unpaired) electrons. The topological polar surface area (TPSA) is 40.5 Å². The maximum Gasteiger partial charge on any atom is 0.236 e. The molecule has 1 amide bonds. The molecule has 3 nitrogen and oxygen atoms in total. The number of hydrogen-bond acceptors (Lipinski definition) is 3. The normalized spacial score (nSPS) is 22.6. The molecule has 1 fully saturated rings. The minimum Gasteiger partial charge on any atom is -0.394 e. The lowest BCUT2D eigenvalue weighted by Gasteiger charge is -2.36. The summed E-state index contributed by atoms with van der Waals surface area (Å²) in [4.78, 5) is 13.9. The minimum atomic E-state index is -0.202.